The summed E-state index contributed by atoms with van der Waals surface area (Å²) in [7, 11) is 0. The van der Waals surface area contributed by atoms with Crippen molar-refractivity contribution < 1.29 is 19.0 Å². The van der Waals surface area contributed by atoms with Crippen LogP contribution in [0.4, 0.5) is 4.39 Å². The minimum Gasteiger partial charge on any atom is -0.457 e. The molecule has 0 atom stereocenters. The topological polar surface area (TPSA) is 46.5 Å². The molecule has 4 heteroatoms. The maximum Gasteiger partial charge on any atom is 0.339 e. The van der Waals surface area contributed by atoms with E-state index in [0.717, 1.165) is 5.56 Å². The lowest BCUT2D eigenvalue weighted by Gasteiger charge is -2.06. The first-order valence-electron chi connectivity index (χ1n) is 5.32. The number of unbranched alkanes of at least 4 members (excludes halogenated alkanes) is 1. The smallest absolute Gasteiger partial charge is 0.339 e. The number of benzene rings is 1. The summed E-state index contributed by atoms with van der Waals surface area (Å²) in [6, 6.07) is 2.96. The van der Waals surface area contributed by atoms with E-state index in [1.54, 1.807) is 6.07 Å². The van der Waals surface area contributed by atoms with Gasteiger partial charge in [-0.15, -0.1) is 0 Å². The Labute approximate surface area is 92.9 Å². The number of cyclic esters (lactones) is 1. The highest BCUT2D eigenvalue weighted by atomic mass is 19.1. The molecular formula is C12H13FO3. The molecule has 0 fully saturated rings. The fourth-order valence-corrected chi connectivity index (χ4v) is 1.92. The van der Waals surface area contributed by atoms with Gasteiger partial charge < -0.3 is 9.84 Å². The number of rotatable bonds is 4. The molecule has 0 unspecified atom stereocenters. The summed E-state index contributed by atoms with van der Waals surface area (Å²) in [5.41, 5.74) is 1.57. The standard InChI is InChI=1S/C12H13FO3/c13-10-5-4-8-7-16-12(15)11(8)9(10)3-1-2-6-14/h4-5,14H,1-3,6-7H2. The van der Waals surface area contributed by atoms with Gasteiger partial charge in [0, 0.05) is 17.7 Å². The molecule has 2 rings (SSSR count). The van der Waals surface area contributed by atoms with E-state index in [0.29, 0.717) is 30.4 Å². The van der Waals surface area contributed by atoms with E-state index in [-0.39, 0.29) is 19.0 Å². The van der Waals surface area contributed by atoms with Gasteiger partial charge in [-0.05, 0) is 25.3 Å². The van der Waals surface area contributed by atoms with E-state index in [2.05, 4.69) is 0 Å². The molecule has 0 saturated heterocycles. The van der Waals surface area contributed by atoms with Crippen LogP contribution in [0.1, 0.15) is 34.3 Å². The van der Waals surface area contributed by atoms with Crippen molar-refractivity contribution in [1.82, 2.24) is 0 Å². The highest BCUT2D eigenvalue weighted by Gasteiger charge is 2.26. The molecule has 3 nitrogen and oxygen atoms in total. The summed E-state index contributed by atoms with van der Waals surface area (Å²) < 4.78 is 18.4. The predicted molar refractivity (Wildman–Crippen MR) is 55.5 cm³/mol. The molecule has 0 amide bonds. The second kappa shape index (κ2) is 4.61. The van der Waals surface area contributed by atoms with Crippen LogP contribution in [0.25, 0.3) is 0 Å². The zero-order valence-corrected chi connectivity index (χ0v) is 8.83. The van der Waals surface area contributed by atoms with Crippen LogP contribution >= 0.6 is 0 Å². The Hall–Kier alpha value is -1.42. The molecule has 1 aliphatic rings. The zero-order chi connectivity index (χ0) is 11.5. The van der Waals surface area contributed by atoms with E-state index < -0.39 is 5.97 Å². The third-order valence-corrected chi connectivity index (χ3v) is 2.74. The van der Waals surface area contributed by atoms with Crippen molar-refractivity contribution in [2.75, 3.05) is 6.61 Å². The third-order valence-electron chi connectivity index (χ3n) is 2.74. The van der Waals surface area contributed by atoms with Gasteiger partial charge in [-0.2, -0.15) is 0 Å². The molecule has 0 saturated carbocycles. The minimum absolute atomic E-state index is 0.0844. The number of carbonyl (C=O) groups is 1. The van der Waals surface area contributed by atoms with Crippen LogP contribution in [-0.4, -0.2) is 17.7 Å². The van der Waals surface area contributed by atoms with E-state index in [1.807, 2.05) is 0 Å². The summed E-state index contributed by atoms with van der Waals surface area (Å²) in [5, 5.41) is 8.67. The Kier molecular flexibility index (Phi) is 3.19. The van der Waals surface area contributed by atoms with Crippen LogP contribution in [0.2, 0.25) is 0 Å². The van der Waals surface area contributed by atoms with E-state index in [1.165, 1.54) is 6.07 Å². The molecule has 0 spiro atoms. The maximum atomic E-state index is 13.6. The molecule has 1 aromatic carbocycles. The van der Waals surface area contributed by atoms with Gasteiger partial charge in [0.15, 0.2) is 0 Å². The zero-order valence-electron chi connectivity index (χ0n) is 8.83. The number of halogens is 1. The number of hydrogen-bond acceptors (Lipinski definition) is 3. The third kappa shape index (κ3) is 1.93. The fraction of sp³-hybridized carbons (Fsp3) is 0.417. The Balaban J connectivity index is 2.28. The first kappa shape index (κ1) is 11.1. The molecule has 86 valence electrons. The monoisotopic (exact) mass is 224 g/mol. The second-order valence-electron chi connectivity index (χ2n) is 3.82. The molecule has 1 aliphatic heterocycles. The maximum absolute atomic E-state index is 13.6. The van der Waals surface area contributed by atoms with Gasteiger partial charge in [0.05, 0.1) is 5.56 Å². The van der Waals surface area contributed by atoms with Gasteiger partial charge in [-0.3, -0.25) is 0 Å². The summed E-state index contributed by atoms with van der Waals surface area (Å²) in [5.74, 6) is -0.802. The van der Waals surface area contributed by atoms with Gasteiger partial charge in [-0.1, -0.05) is 6.07 Å². The minimum atomic E-state index is -0.437. The van der Waals surface area contributed by atoms with Gasteiger partial charge in [0.1, 0.15) is 12.4 Å². The molecule has 0 bridgehead atoms. The number of carbonyl (C=O) groups excluding carboxylic acids is 1. The Morgan fingerprint density at radius 3 is 2.94 bits per heavy atom. The summed E-state index contributed by atoms with van der Waals surface area (Å²) in [6.45, 7) is 0.322. The lowest BCUT2D eigenvalue weighted by molar-refractivity contribution is 0.0534. The van der Waals surface area contributed by atoms with Crippen LogP contribution in [0.15, 0.2) is 12.1 Å². The van der Waals surface area contributed by atoms with Crippen molar-refractivity contribution in [2.45, 2.75) is 25.9 Å². The average molecular weight is 224 g/mol. The van der Waals surface area contributed by atoms with Crippen molar-refractivity contribution >= 4 is 5.97 Å². The fourth-order valence-electron chi connectivity index (χ4n) is 1.92. The molecule has 16 heavy (non-hydrogen) atoms. The first-order chi connectivity index (χ1) is 7.74. The quantitative estimate of drug-likeness (QED) is 0.626. The molecule has 0 radical (unpaired) electrons. The van der Waals surface area contributed by atoms with Crippen molar-refractivity contribution in [2.24, 2.45) is 0 Å². The van der Waals surface area contributed by atoms with Gasteiger partial charge in [-0.25, -0.2) is 9.18 Å². The summed E-state index contributed by atoms with van der Waals surface area (Å²) >= 11 is 0. The number of aliphatic hydroxyl groups is 1. The first-order valence-corrected chi connectivity index (χ1v) is 5.32. The average Bonchev–Trinajstić information content (AvgIpc) is 2.64. The normalized spacial score (nSPS) is 13.8. The van der Waals surface area contributed by atoms with E-state index >= 15 is 0 Å². The highest BCUT2D eigenvalue weighted by Crippen LogP contribution is 2.26. The SMILES string of the molecule is O=C1OCc2ccc(F)c(CCCCO)c21. The van der Waals surface area contributed by atoms with E-state index in [9.17, 15) is 9.18 Å². The summed E-state index contributed by atoms with van der Waals surface area (Å²) in [4.78, 5) is 11.4. The van der Waals surface area contributed by atoms with Crippen LogP contribution in [-0.2, 0) is 17.8 Å². The number of fused-ring (bicyclic) bond motifs is 1. The molecule has 0 aromatic heterocycles. The molecular weight excluding hydrogens is 211 g/mol. The lowest BCUT2D eigenvalue weighted by Crippen LogP contribution is -2.04. The highest BCUT2D eigenvalue weighted by molar-refractivity contribution is 5.95. The van der Waals surface area contributed by atoms with Crippen LogP contribution in [0.3, 0.4) is 0 Å². The van der Waals surface area contributed by atoms with Crippen molar-refractivity contribution in [3.63, 3.8) is 0 Å². The molecule has 1 heterocycles. The predicted octanol–water partition coefficient (Wildman–Crippen LogP) is 1.81. The second-order valence-corrected chi connectivity index (χ2v) is 3.82. The van der Waals surface area contributed by atoms with Gasteiger partial charge in [0.2, 0.25) is 0 Å². The van der Waals surface area contributed by atoms with Gasteiger partial charge >= 0.3 is 5.97 Å². The number of ether oxygens (including phenoxy) is 1. The molecule has 1 aromatic rings. The van der Waals surface area contributed by atoms with Gasteiger partial charge in [0.25, 0.3) is 0 Å². The van der Waals surface area contributed by atoms with Crippen LogP contribution in [0, 0.1) is 5.82 Å². The van der Waals surface area contributed by atoms with Crippen LogP contribution in [0.5, 0.6) is 0 Å². The summed E-state index contributed by atoms with van der Waals surface area (Å²) in [6.07, 6.45) is 1.74. The Morgan fingerprint density at radius 1 is 1.38 bits per heavy atom. The Bertz CT molecular complexity index is 415. The van der Waals surface area contributed by atoms with Crippen molar-refractivity contribution in [1.29, 1.82) is 0 Å². The number of esters is 1. The Morgan fingerprint density at radius 2 is 2.19 bits per heavy atom. The number of aliphatic hydroxyl groups excluding tert-OH is 1. The van der Waals surface area contributed by atoms with Crippen molar-refractivity contribution in [3.05, 3.63) is 34.6 Å². The molecule has 1 N–H and O–H groups in total. The van der Waals surface area contributed by atoms with Crippen LogP contribution < -0.4 is 0 Å². The van der Waals surface area contributed by atoms with E-state index in [4.69, 9.17) is 9.84 Å². The largest absolute Gasteiger partial charge is 0.457 e. The lowest BCUT2D eigenvalue weighted by atomic mass is 9.98. The number of hydrogen-bond donors (Lipinski definition) is 1. The van der Waals surface area contributed by atoms with Crippen molar-refractivity contribution in [3.8, 4) is 0 Å². The molecule has 0 aliphatic carbocycles.